The number of carbonyl (C=O) groups is 2. The molecule has 2 unspecified atom stereocenters. The number of carboxylic acid groups (broad SMARTS) is 1. The maximum atomic E-state index is 12.0. The van der Waals surface area contributed by atoms with Crippen LogP contribution in [0.2, 0.25) is 0 Å². The topological polar surface area (TPSA) is 69.6 Å². The number of carboxylic acids is 1. The molecular formula is C11H18N2O3. The largest absolute Gasteiger partial charge is 0.481 e. The van der Waals surface area contributed by atoms with Crippen molar-refractivity contribution in [2.45, 2.75) is 31.7 Å². The first-order valence-corrected chi connectivity index (χ1v) is 5.93. The van der Waals surface area contributed by atoms with Gasteiger partial charge in [0.05, 0.1) is 12.0 Å². The first-order chi connectivity index (χ1) is 7.68. The van der Waals surface area contributed by atoms with Crippen molar-refractivity contribution in [3.8, 4) is 0 Å². The van der Waals surface area contributed by atoms with Gasteiger partial charge in [-0.25, -0.2) is 0 Å². The van der Waals surface area contributed by atoms with Crippen LogP contribution in [0.4, 0.5) is 0 Å². The van der Waals surface area contributed by atoms with E-state index < -0.39 is 5.97 Å². The SMILES string of the molecule is O=C(O)C1CCCN(C(=O)C2CCCN2)C1. The normalized spacial score (nSPS) is 30.4. The summed E-state index contributed by atoms with van der Waals surface area (Å²) in [6.07, 6.45) is 3.41. The van der Waals surface area contributed by atoms with E-state index in [1.54, 1.807) is 4.90 Å². The van der Waals surface area contributed by atoms with Gasteiger partial charge in [0.2, 0.25) is 5.91 Å². The summed E-state index contributed by atoms with van der Waals surface area (Å²) >= 11 is 0. The molecule has 2 saturated heterocycles. The Kier molecular flexibility index (Phi) is 3.43. The second kappa shape index (κ2) is 4.82. The standard InChI is InChI=1S/C11H18N2O3/c14-10(9-4-1-5-12-9)13-6-2-3-8(7-13)11(15)16/h8-9,12H,1-7H2,(H,15,16). The molecule has 0 aromatic rings. The van der Waals surface area contributed by atoms with Crippen molar-refractivity contribution >= 4 is 11.9 Å². The number of hydrogen-bond acceptors (Lipinski definition) is 3. The fraction of sp³-hybridized carbons (Fsp3) is 0.818. The van der Waals surface area contributed by atoms with E-state index in [2.05, 4.69) is 5.32 Å². The Morgan fingerprint density at radius 3 is 2.69 bits per heavy atom. The van der Waals surface area contributed by atoms with Crippen LogP contribution in [0, 0.1) is 5.92 Å². The fourth-order valence-corrected chi connectivity index (χ4v) is 2.49. The average Bonchev–Trinajstić information content (AvgIpc) is 2.81. The molecule has 5 nitrogen and oxygen atoms in total. The molecule has 0 bridgehead atoms. The summed E-state index contributed by atoms with van der Waals surface area (Å²) < 4.78 is 0. The molecule has 0 aliphatic carbocycles. The van der Waals surface area contributed by atoms with E-state index in [0.717, 1.165) is 25.8 Å². The highest BCUT2D eigenvalue weighted by molar-refractivity contribution is 5.83. The van der Waals surface area contributed by atoms with Crippen molar-refractivity contribution in [1.82, 2.24) is 10.2 Å². The summed E-state index contributed by atoms with van der Waals surface area (Å²) in [5, 5.41) is 12.1. The Morgan fingerprint density at radius 2 is 2.06 bits per heavy atom. The second-order valence-corrected chi connectivity index (χ2v) is 4.61. The van der Waals surface area contributed by atoms with Gasteiger partial charge in [-0.05, 0) is 32.2 Å². The minimum absolute atomic E-state index is 0.0763. The van der Waals surface area contributed by atoms with Crippen LogP contribution in [0.1, 0.15) is 25.7 Å². The average molecular weight is 226 g/mol. The van der Waals surface area contributed by atoms with Crippen LogP contribution < -0.4 is 5.32 Å². The molecule has 0 aromatic carbocycles. The Hall–Kier alpha value is -1.10. The van der Waals surface area contributed by atoms with Crippen LogP contribution in [-0.2, 0) is 9.59 Å². The molecule has 0 aromatic heterocycles. The smallest absolute Gasteiger partial charge is 0.308 e. The molecule has 90 valence electrons. The van der Waals surface area contributed by atoms with E-state index in [-0.39, 0.29) is 17.9 Å². The number of likely N-dealkylation sites (tertiary alicyclic amines) is 1. The van der Waals surface area contributed by atoms with Crippen LogP contribution in [0.15, 0.2) is 0 Å². The third-order valence-electron chi connectivity index (χ3n) is 3.44. The van der Waals surface area contributed by atoms with Gasteiger partial charge in [-0.2, -0.15) is 0 Å². The first-order valence-electron chi connectivity index (χ1n) is 5.93. The summed E-state index contributed by atoms with van der Waals surface area (Å²) in [5.74, 6) is -1.07. The maximum absolute atomic E-state index is 12.0. The molecule has 0 spiro atoms. The third-order valence-corrected chi connectivity index (χ3v) is 3.44. The highest BCUT2D eigenvalue weighted by Crippen LogP contribution is 2.19. The highest BCUT2D eigenvalue weighted by atomic mass is 16.4. The number of carbonyl (C=O) groups excluding carboxylic acids is 1. The Balaban J connectivity index is 1.93. The summed E-state index contributed by atoms with van der Waals surface area (Å²) in [6.45, 7) is 1.99. The van der Waals surface area contributed by atoms with Crippen LogP contribution in [0.3, 0.4) is 0 Å². The van der Waals surface area contributed by atoms with Gasteiger partial charge in [-0.3, -0.25) is 9.59 Å². The molecule has 0 saturated carbocycles. The van der Waals surface area contributed by atoms with Gasteiger partial charge in [-0.15, -0.1) is 0 Å². The fourth-order valence-electron chi connectivity index (χ4n) is 2.49. The van der Waals surface area contributed by atoms with E-state index in [9.17, 15) is 9.59 Å². The number of piperidine rings is 1. The number of amides is 1. The molecular weight excluding hydrogens is 208 g/mol. The lowest BCUT2D eigenvalue weighted by atomic mass is 9.97. The van der Waals surface area contributed by atoms with Crippen LogP contribution in [-0.4, -0.2) is 47.6 Å². The predicted molar refractivity (Wildman–Crippen MR) is 58.0 cm³/mol. The van der Waals surface area contributed by atoms with Crippen molar-refractivity contribution in [1.29, 1.82) is 0 Å². The summed E-state index contributed by atoms with van der Waals surface area (Å²) in [5.41, 5.74) is 0. The first kappa shape index (κ1) is 11.4. The quantitative estimate of drug-likeness (QED) is 0.698. The van der Waals surface area contributed by atoms with Gasteiger partial charge in [0.15, 0.2) is 0 Å². The van der Waals surface area contributed by atoms with Crippen LogP contribution in [0.5, 0.6) is 0 Å². The molecule has 16 heavy (non-hydrogen) atoms. The predicted octanol–water partition coefficient (Wildman–Crippen LogP) is 0.0616. The Labute approximate surface area is 94.8 Å². The molecule has 2 rings (SSSR count). The van der Waals surface area contributed by atoms with Gasteiger partial charge in [0.1, 0.15) is 0 Å². The third kappa shape index (κ3) is 2.35. The van der Waals surface area contributed by atoms with Crippen LogP contribution >= 0.6 is 0 Å². The van der Waals surface area contributed by atoms with Crippen molar-refractivity contribution in [2.75, 3.05) is 19.6 Å². The Bertz CT molecular complexity index is 287. The van der Waals surface area contributed by atoms with E-state index >= 15 is 0 Å². The second-order valence-electron chi connectivity index (χ2n) is 4.61. The van der Waals surface area contributed by atoms with Gasteiger partial charge in [-0.1, -0.05) is 0 Å². The monoisotopic (exact) mass is 226 g/mol. The molecule has 2 N–H and O–H groups in total. The zero-order chi connectivity index (χ0) is 11.5. The Morgan fingerprint density at radius 1 is 1.25 bits per heavy atom. The van der Waals surface area contributed by atoms with E-state index in [1.807, 2.05) is 0 Å². The number of hydrogen-bond donors (Lipinski definition) is 2. The van der Waals surface area contributed by atoms with Crippen molar-refractivity contribution in [2.24, 2.45) is 5.92 Å². The summed E-state index contributed by atoms with van der Waals surface area (Å²) in [6, 6.07) is -0.0763. The molecule has 2 fully saturated rings. The lowest BCUT2D eigenvalue weighted by molar-refractivity contribution is -0.146. The molecule has 2 heterocycles. The van der Waals surface area contributed by atoms with E-state index in [1.165, 1.54) is 0 Å². The molecule has 2 aliphatic rings. The highest BCUT2D eigenvalue weighted by Gasteiger charge is 2.32. The number of aliphatic carboxylic acids is 1. The minimum Gasteiger partial charge on any atom is -0.481 e. The lowest BCUT2D eigenvalue weighted by Gasteiger charge is -2.32. The summed E-state index contributed by atoms with van der Waals surface area (Å²) in [4.78, 5) is 24.6. The van der Waals surface area contributed by atoms with Crippen molar-refractivity contribution in [3.63, 3.8) is 0 Å². The van der Waals surface area contributed by atoms with Crippen molar-refractivity contribution in [3.05, 3.63) is 0 Å². The van der Waals surface area contributed by atoms with Gasteiger partial charge >= 0.3 is 5.97 Å². The van der Waals surface area contributed by atoms with Gasteiger partial charge in [0.25, 0.3) is 0 Å². The number of nitrogens with one attached hydrogen (secondary N) is 1. The lowest BCUT2D eigenvalue weighted by Crippen LogP contribution is -2.49. The molecule has 2 atom stereocenters. The van der Waals surface area contributed by atoms with Crippen molar-refractivity contribution < 1.29 is 14.7 Å². The zero-order valence-corrected chi connectivity index (χ0v) is 9.32. The van der Waals surface area contributed by atoms with E-state index in [4.69, 9.17) is 5.11 Å². The van der Waals surface area contributed by atoms with Crippen LogP contribution in [0.25, 0.3) is 0 Å². The molecule has 1 amide bonds. The number of rotatable bonds is 2. The van der Waals surface area contributed by atoms with Gasteiger partial charge in [0, 0.05) is 13.1 Å². The number of nitrogens with zero attached hydrogens (tertiary/aromatic N) is 1. The maximum Gasteiger partial charge on any atom is 0.308 e. The molecule has 0 radical (unpaired) electrons. The summed E-state index contributed by atoms with van der Waals surface area (Å²) in [7, 11) is 0. The van der Waals surface area contributed by atoms with Gasteiger partial charge < -0.3 is 15.3 Å². The minimum atomic E-state index is -0.781. The molecule has 2 aliphatic heterocycles. The van der Waals surface area contributed by atoms with E-state index in [0.29, 0.717) is 19.5 Å². The molecule has 5 heteroatoms. The zero-order valence-electron chi connectivity index (χ0n) is 9.32.